The fraction of sp³-hybridized carbons (Fsp3) is 0.400. The highest BCUT2D eigenvalue weighted by molar-refractivity contribution is 5.79. The first-order chi connectivity index (χ1) is 9.17. The smallest absolute Gasteiger partial charge is 0.234 e. The third-order valence-electron chi connectivity index (χ3n) is 2.87. The van der Waals surface area contributed by atoms with Crippen LogP contribution in [0.15, 0.2) is 28.8 Å². The molecule has 4 heteroatoms. The zero-order valence-corrected chi connectivity index (χ0v) is 11.3. The van der Waals surface area contributed by atoms with E-state index in [9.17, 15) is 4.79 Å². The van der Waals surface area contributed by atoms with Gasteiger partial charge >= 0.3 is 0 Å². The molecule has 0 saturated carbocycles. The van der Waals surface area contributed by atoms with E-state index in [0.717, 1.165) is 12.0 Å². The monoisotopic (exact) mass is 258 g/mol. The molecule has 2 aromatic rings. The summed E-state index contributed by atoms with van der Waals surface area (Å²) >= 11 is 0. The number of aromatic nitrogens is 2. The highest BCUT2D eigenvalue weighted by Crippen LogP contribution is 2.09. The van der Waals surface area contributed by atoms with Crippen LogP contribution in [0, 0.1) is 6.92 Å². The van der Waals surface area contributed by atoms with Gasteiger partial charge in [0.15, 0.2) is 5.82 Å². The summed E-state index contributed by atoms with van der Waals surface area (Å²) in [5, 5.41) is 3.91. The fourth-order valence-corrected chi connectivity index (χ4v) is 1.86. The molecule has 0 aliphatic rings. The molecule has 0 bridgehead atoms. The Morgan fingerprint density at radius 3 is 2.68 bits per heavy atom. The molecule has 0 N–H and O–H groups in total. The predicted molar refractivity (Wildman–Crippen MR) is 71.9 cm³/mol. The molecule has 100 valence electrons. The third-order valence-corrected chi connectivity index (χ3v) is 2.87. The Morgan fingerprint density at radius 1 is 1.26 bits per heavy atom. The van der Waals surface area contributed by atoms with Crippen molar-refractivity contribution in [2.45, 2.75) is 39.5 Å². The van der Waals surface area contributed by atoms with E-state index < -0.39 is 0 Å². The number of rotatable bonds is 6. The van der Waals surface area contributed by atoms with Gasteiger partial charge in [0.2, 0.25) is 5.89 Å². The molecule has 0 aliphatic carbocycles. The van der Waals surface area contributed by atoms with Crippen LogP contribution in [-0.2, 0) is 17.6 Å². The van der Waals surface area contributed by atoms with Gasteiger partial charge in [-0.2, -0.15) is 4.98 Å². The lowest BCUT2D eigenvalue weighted by Gasteiger charge is -1.97. The number of hydrogen-bond acceptors (Lipinski definition) is 4. The van der Waals surface area contributed by atoms with Crippen LogP contribution >= 0.6 is 0 Å². The first-order valence-electron chi connectivity index (χ1n) is 6.56. The van der Waals surface area contributed by atoms with Crippen molar-refractivity contribution in [1.29, 1.82) is 0 Å². The Bertz CT molecular complexity index is 544. The zero-order chi connectivity index (χ0) is 13.7. The van der Waals surface area contributed by atoms with E-state index in [-0.39, 0.29) is 12.2 Å². The van der Waals surface area contributed by atoms with Crippen molar-refractivity contribution >= 4 is 5.78 Å². The number of ketones is 1. The molecule has 19 heavy (non-hydrogen) atoms. The molecular formula is C15H18N2O2. The van der Waals surface area contributed by atoms with Gasteiger partial charge in [-0.25, -0.2) is 0 Å². The minimum absolute atomic E-state index is 0.146. The van der Waals surface area contributed by atoms with Crippen LogP contribution < -0.4 is 0 Å². The first-order valence-corrected chi connectivity index (χ1v) is 6.56. The summed E-state index contributed by atoms with van der Waals surface area (Å²) in [4.78, 5) is 15.7. The average molecular weight is 258 g/mol. The third kappa shape index (κ3) is 4.02. The summed E-state index contributed by atoms with van der Waals surface area (Å²) in [7, 11) is 0. The topological polar surface area (TPSA) is 56.0 Å². The lowest BCUT2D eigenvalue weighted by Crippen LogP contribution is -2.02. The van der Waals surface area contributed by atoms with Crippen molar-refractivity contribution in [3.8, 4) is 0 Å². The van der Waals surface area contributed by atoms with Gasteiger partial charge in [-0.3, -0.25) is 4.79 Å². The van der Waals surface area contributed by atoms with Gasteiger partial charge in [0.1, 0.15) is 5.78 Å². The summed E-state index contributed by atoms with van der Waals surface area (Å²) in [6, 6.07) is 8.21. The van der Waals surface area contributed by atoms with Crippen LogP contribution in [0.2, 0.25) is 0 Å². The van der Waals surface area contributed by atoms with Crippen molar-refractivity contribution in [2.75, 3.05) is 0 Å². The van der Waals surface area contributed by atoms with E-state index in [1.54, 1.807) is 0 Å². The zero-order valence-electron chi connectivity index (χ0n) is 11.3. The van der Waals surface area contributed by atoms with E-state index in [1.165, 1.54) is 5.56 Å². The molecule has 0 amide bonds. The molecule has 1 heterocycles. The molecule has 0 saturated heterocycles. The van der Waals surface area contributed by atoms with E-state index in [1.807, 2.05) is 19.1 Å². The van der Waals surface area contributed by atoms with Gasteiger partial charge in [-0.15, -0.1) is 0 Å². The van der Waals surface area contributed by atoms with Crippen molar-refractivity contribution in [3.05, 3.63) is 47.1 Å². The van der Waals surface area contributed by atoms with Crippen molar-refractivity contribution in [1.82, 2.24) is 10.1 Å². The van der Waals surface area contributed by atoms with Crippen LogP contribution in [0.25, 0.3) is 0 Å². The quantitative estimate of drug-likeness (QED) is 0.799. The van der Waals surface area contributed by atoms with Gasteiger partial charge in [0.25, 0.3) is 0 Å². The molecule has 2 rings (SSSR count). The maximum absolute atomic E-state index is 11.5. The Balaban J connectivity index is 1.97. The molecule has 0 spiro atoms. The molecule has 1 aromatic heterocycles. The predicted octanol–water partition coefficient (Wildman–Crippen LogP) is 2.88. The second-order valence-corrected chi connectivity index (χ2v) is 4.73. The van der Waals surface area contributed by atoms with Crippen LogP contribution in [0.4, 0.5) is 0 Å². The molecule has 0 radical (unpaired) electrons. The highest BCUT2D eigenvalue weighted by Gasteiger charge is 2.11. The fourth-order valence-electron chi connectivity index (χ4n) is 1.86. The number of Topliss-reactive ketones (excluding diaryl/α,β-unsaturated/α-hetero) is 1. The highest BCUT2D eigenvalue weighted by atomic mass is 16.5. The number of hydrogen-bond donors (Lipinski definition) is 0. The maximum atomic E-state index is 11.5. The summed E-state index contributed by atoms with van der Waals surface area (Å²) < 4.78 is 5.10. The van der Waals surface area contributed by atoms with Crippen molar-refractivity contribution < 1.29 is 9.32 Å². The second-order valence-electron chi connectivity index (χ2n) is 4.73. The number of carbonyl (C=O) groups excluding carboxylic acids is 1. The molecule has 0 unspecified atom stereocenters. The maximum Gasteiger partial charge on any atom is 0.234 e. The molecule has 1 aromatic carbocycles. The largest absolute Gasteiger partial charge is 0.339 e. The van der Waals surface area contributed by atoms with Crippen LogP contribution in [0.5, 0.6) is 0 Å². The van der Waals surface area contributed by atoms with Gasteiger partial charge in [-0.05, 0) is 18.9 Å². The van der Waals surface area contributed by atoms with E-state index in [4.69, 9.17) is 4.52 Å². The van der Waals surface area contributed by atoms with Gasteiger partial charge in [0, 0.05) is 12.8 Å². The summed E-state index contributed by atoms with van der Waals surface area (Å²) in [5.74, 6) is 1.19. The first kappa shape index (κ1) is 13.5. The Hall–Kier alpha value is -1.97. The standard InChI is InChI=1S/C15H18N2O2/c1-3-4-13(18)10-15-16-14(17-19-15)9-12-7-5-11(2)6-8-12/h5-8H,3-4,9-10H2,1-2H3. The van der Waals surface area contributed by atoms with Crippen molar-refractivity contribution in [2.24, 2.45) is 0 Å². The molecular weight excluding hydrogens is 240 g/mol. The SMILES string of the molecule is CCCC(=O)Cc1nc(Cc2ccc(C)cc2)no1. The Labute approximate surface area is 112 Å². The summed E-state index contributed by atoms with van der Waals surface area (Å²) in [6.45, 7) is 4.03. The Kier molecular flexibility index (Phi) is 4.44. The minimum atomic E-state index is 0.146. The van der Waals surface area contributed by atoms with Crippen LogP contribution in [0.1, 0.15) is 42.6 Å². The number of carbonyl (C=O) groups is 1. The second kappa shape index (κ2) is 6.27. The Morgan fingerprint density at radius 2 is 2.00 bits per heavy atom. The van der Waals surface area contributed by atoms with E-state index in [2.05, 4.69) is 29.2 Å². The average Bonchev–Trinajstić information content (AvgIpc) is 2.80. The molecule has 0 fully saturated rings. The number of benzene rings is 1. The van der Waals surface area contributed by atoms with Crippen molar-refractivity contribution in [3.63, 3.8) is 0 Å². The minimum Gasteiger partial charge on any atom is -0.339 e. The molecule has 4 nitrogen and oxygen atoms in total. The van der Waals surface area contributed by atoms with E-state index >= 15 is 0 Å². The summed E-state index contributed by atoms with van der Waals surface area (Å²) in [5.41, 5.74) is 2.36. The van der Waals surface area contributed by atoms with Crippen LogP contribution in [0.3, 0.4) is 0 Å². The van der Waals surface area contributed by atoms with E-state index in [0.29, 0.717) is 24.6 Å². The molecule has 0 aliphatic heterocycles. The number of aryl methyl sites for hydroxylation is 1. The van der Waals surface area contributed by atoms with Crippen LogP contribution in [-0.4, -0.2) is 15.9 Å². The lowest BCUT2D eigenvalue weighted by molar-refractivity contribution is -0.118. The lowest BCUT2D eigenvalue weighted by atomic mass is 10.1. The normalized spacial score (nSPS) is 10.6. The number of nitrogens with zero attached hydrogens (tertiary/aromatic N) is 2. The van der Waals surface area contributed by atoms with Gasteiger partial charge in [0.05, 0.1) is 6.42 Å². The summed E-state index contributed by atoms with van der Waals surface area (Å²) in [6.07, 6.45) is 2.29. The van der Waals surface area contributed by atoms with Gasteiger partial charge in [-0.1, -0.05) is 41.9 Å². The molecule has 0 atom stereocenters. The van der Waals surface area contributed by atoms with Gasteiger partial charge < -0.3 is 4.52 Å².